The third-order valence-electron chi connectivity index (χ3n) is 25.0. The second kappa shape index (κ2) is 41.9. The molecule has 700 valence electrons. The van der Waals surface area contributed by atoms with Crippen LogP contribution in [0, 0.1) is 6.92 Å². The molecule has 0 saturated carbocycles. The number of ketones is 3. The van der Waals surface area contributed by atoms with Crippen molar-refractivity contribution in [1.82, 2.24) is 24.3 Å². The first-order valence-electron chi connectivity index (χ1n) is 44.3. The summed E-state index contributed by atoms with van der Waals surface area (Å²) >= 11 is 0. The fourth-order valence-electron chi connectivity index (χ4n) is 18.0. The number of imide groups is 1. The molecule has 34 nitrogen and oxygen atoms in total. The SMILES string of the molecule is C=C1C[C@H]2C(O)N(C(=O)OCc3ccc(O[C@@H]4OC[C@@H](O)[C@H](O)[C@H]4O)c(C(=O)CCCCCC(=O)[C@H](Cc4cn(C(c5ccccc5)(c5ccccc5)c5ccccc5)cn4)N4C(=O)C=CC4=O)c3)c3cc(OCCCCCOc4cc5c(cc4OC)C(=O)N4CC(=C)C[C@H]4C(O)N5C(=O)OCc4ccc(O[C@@H]5OC[C@@H](O)[C@H](O)[C@H]5O)c(C(=O)CCCOC)c4)c(C)cc3C(=O)N2C1. The number of Topliss-reactive ketones (excluding diaryl/α,β-unsaturated/α-hetero) is 3. The zero-order chi connectivity index (χ0) is 94.1. The zero-order valence-corrected chi connectivity index (χ0v) is 73.7. The highest BCUT2D eigenvalue weighted by Crippen LogP contribution is 2.46. The van der Waals surface area contributed by atoms with Gasteiger partial charge in [-0.05, 0) is 128 Å². The fraction of sp³-hybridized carbons (Fsp3) is 0.394. The number of hydrogen-bond acceptors (Lipinski definition) is 28. The molecule has 1 aromatic heterocycles. The second-order valence-electron chi connectivity index (χ2n) is 34.0. The molecule has 6 amide bonds. The topological polar surface area (TPSA) is 442 Å². The number of unbranched alkanes of at least 4 members (excludes halogenated alkanes) is 4. The first kappa shape index (κ1) is 94.8. The van der Waals surface area contributed by atoms with E-state index in [1.165, 1.54) is 78.6 Å². The smallest absolute Gasteiger partial charge is 0.416 e. The minimum atomic E-state index is -1.76. The fourth-order valence-corrected chi connectivity index (χ4v) is 18.0. The van der Waals surface area contributed by atoms with Crippen LogP contribution in [0.25, 0.3) is 0 Å². The molecule has 13 atom stereocenters. The van der Waals surface area contributed by atoms with Crippen LogP contribution in [-0.2, 0) is 63.2 Å². The van der Waals surface area contributed by atoms with Gasteiger partial charge in [-0.3, -0.25) is 38.5 Å². The van der Waals surface area contributed by atoms with E-state index in [0.717, 1.165) is 43.5 Å². The number of hydrogen-bond donors (Lipinski definition) is 8. The molecule has 34 heteroatoms. The number of amides is 6. The monoisotopic (exact) mass is 1830 g/mol. The van der Waals surface area contributed by atoms with Gasteiger partial charge in [0.05, 0.1) is 91.3 Å². The number of carbonyl (C=O) groups excluding carboxylic acids is 9. The van der Waals surface area contributed by atoms with Gasteiger partial charge < -0.3 is 103 Å². The Morgan fingerprint density at radius 2 is 0.970 bits per heavy atom. The molecule has 4 saturated heterocycles. The zero-order valence-electron chi connectivity index (χ0n) is 73.7. The lowest BCUT2D eigenvalue weighted by Gasteiger charge is -2.37. The minimum Gasteiger partial charge on any atom is -0.493 e. The molecule has 0 aliphatic carbocycles. The van der Waals surface area contributed by atoms with E-state index >= 15 is 0 Å². The summed E-state index contributed by atoms with van der Waals surface area (Å²) < 4.78 is 60.5. The number of anilines is 2. The maximum absolute atomic E-state index is 14.9. The average molecular weight is 1830 g/mol. The van der Waals surface area contributed by atoms with Crippen molar-refractivity contribution < 1.29 is 131 Å². The van der Waals surface area contributed by atoms with E-state index in [0.29, 0.717) is 60.1 Å². The Kier molecular flexibility index (Phi) is 29.9. The molecular weight excluding hydrogens is 1720 g/mol. The standard InChI is InChI=1S/C99H107N7O27/c1-57-40-73-93(120)105(97(122)130-52-60-31-33-80(132-95-89(116)87(114)78(110)54-128-95)68(43-60)75(107)28-17-9-18-29-77(109)72(104-85(112)35-36-86(104)113)45-65-51-101(56-100-65)99(62-22-11-6-12-23-62,63-24-13-7-14-25-63)64-26-15-8-16-27-64)70-47-82(59(3)42-66(70)91(118)102(73)49-57)126-38-19-10-20-39-127-84-48-71-67(46-83(84)125-5)92(119)103-50-58(2)41-74(103)94(121)106(71)98(123)131-53-61-32-34-81(69(44-61)76(108)30-21-37-124-4)133-96-90(117)88(115)79(111)55-129-96/h6-8,11-16,22-27,31-36,42-44,46-48,51,56,72-74,78-79,87-90,93-96,110-111,114-117,120-121H,1-2,9-10,17-21,28-30,37-41,45,49-50,52-55H2,3-5H3/t72-,73-,74-,78+,79+,87-,88-,89+,90+,93?,94?,95-,96-/m0/s1. The van der Waals surface area contributed by atoms with E-state index in [4.69, 9.17) is 52.4 Å². The third-order valence-corrected chi connectivity index (χ3v) is 25.0. The predicted molar refractivity (Wildman–Crippen MR) is 476 cm³/mol. The largest absolute Gasteiger partial charge is 0.493 e. The Bertz CT molecular complexity index is 5580. The van der Waals surface area contributed by atoms with Crippen molar-refractivity contribution in [1.29, 1.82) is 0 Å². The van der Waals surface area contributed by atoms with Gasteiger partial charge in [-0.2, -0.15) is 0 Å². The lowest BCUT2D eigenvalue weighted by atomic mass is 9.77. The van der Waals surface area contributed by atoms with Gasteiger partial charge >= 0.3 is 12.2 Å². The number of nitrogens with zero attached hydrogens (tertiary/aromatic N) is 7. The molecule has 7 aliphatic heterocycles. The molecule has 133 heavy (non-hydrogen) atoms. The molecule has 8 N–H and O–H groups in total. The van der Waals surface area contributed by atoms with Crippen molar-refractivity contribution in [2.75, 3.05) is 70.1 Å². The summed E-state index contributed by atoms with van der Waals surface area (Å²) in [5.74, 6) is -3.26. The highest BCUT2D eigenvalue weighted by molar-refractivity contribution is 6.15. The van der Waals surface area contributed by atoms with Crippen molar-refractivity contribution >= 4 is 64.5 Å². The number of aliphatic hydroxyl groups excluding tert-OH is 8. The van der Waals surface area contributed by atoms with Crippen molar-refractivity contribution in [3.8, 4) is 28.7 Å². The highest BCUT2D eigenvalue weighted by atomic mass is 16.7. The quantitative estimate of drug-likeness (QED) is 0.00593. The van der Waals surface area contributed by atoms with Gasteiger partial charge in [0.2, 0.25) is 12.6 Å². The van der Waals surface area contributed by atoms with Crippen LogP contribution >= 0.6 is 0 Å². The van der Waals surface area contributed by atoms with E-state index in [1.54, 1.807) is 19.3 Å². The Morgan fingerprint density at radius 3 is 1.46 bits per heavy atom. The summed E-state index contributed by atoms with van der Waals surface area (Å²) in [5.41, 5.74) is 4.49. The number of aryl methyl sites for hydroxylation is 1. The van der Waals surface area contributed by atoms with Gasteiger partial charge in [0.25, 0.3) is 23.6 Å². The molecule has 15 rings (SSSR count). The number of rotatable bonds is 37. The molecule has 8 aromatic rings. The maximum Gasteiger partial charge on any atom is 0.416 e. The molecule has 8 heterocycles. The minimum absolute atomic E-state index is 0.00522. The van der Waals surface area contributed by atoms with Crippen LogP contribution in [0.1, 0.15) is 158 Å². The maximum atomic E-state index is 14.9. The molecule has 0 radical (unpaired) electrons. The predicted octanol–water partition coefficient (Wildman–Crippen LogP) is 8.64. The number of methoxy groups -OCH3 is 2. The van der Waals surface area contributed by atoms with E-state index in [1.807, 2.05) is 102 Å². The molecule has 0 bridgehead atoms. The van der Waals surface area contributed by atoms with Crippen molar-refractivity contribution in [2.45, 2.75) is 189 Å². The lowest BCUT2D eigenvalue weighted by molar-refractivity contribution is -0.242. The third kappa shape index (κ3) is 20.3. The normalized spacial score (nSPS) is 22.5. The summed E-state index contributed by atoms with van der Waals surface area (Å²) in [6.07, 6.45) is -9.92. The number of aliphatic hydroxyl groups is 8. The molecular formula is C99H107N7O27. The second-order valence-corrected chi connectivity index (χ2v) is 34.0. The molecule has 4 fully saturated rings. The number of carbonyl (C=O) groups is 9. The number of fused-ring (bicyclic) bond motifs is 4. The molecule has 2 unspecified atom stereocenters. The van der Waals surface area contributed by atoms with Crippen molar-refractivity contribution in [2.24, 2.45) is 0 Å². The number of ether oxygens (including phenoxy) is 10. The molecule has 7 aromatic carbocycles. The van der Waals surface area contributed by atoms with Crippen LogP contribution in [0.3, 0.4) is 0 Å². The highest BCUT2D eigenvalue weighted by Gasteiger charge is 2.50. The van der Waals surface area contributed by atoms with E-state index in [-0.39, 0.29) is 159 Å². The lowest BCUT2D eigenvalue weighted by Crippen LogP contribution is -2.54. The molecule has 0 spiro atoms. The van der Waals surface area contributed by atoms with Crippen LogP contribution < -0.4 is 33.5 Å². The summed E-state index contributed by atoms with van der Waals surface area (Å²) in [7, 11) is 2.87. The van der Waals surface area contributed by atoms with Gasteiger partial charge in [0.1, 0.15) is 78.7 Å². The van der Waals surface area contributed by atoms with Gasteiger partial charge in [-0.15, -0.1) is 0 Å². The van der Waals surface area contributed by atoms with Gasteiger partial charge in [0, 0.05) is 83.0 Å². The summed E-state index contributed by atoms with van der Waals surface area (Å²) in [4.78, 5) is 139. The van der Waals surface area contributed by atoms with Crippen LogP contribution in [0.15, 0.2) is 201 Å². The van der Waals surface area contributed by atoms with Gasteiger partial charge in [0.15, 0.2) is 41.3 Å². The van der Waals surface area contributed by atoms with Crippen LogP contribution in [-0.4, -0.2) is 258 Å². The van der Waals surface area contributed by atoms with Crippen molar-refractivity contribution in [3.63, 3.8) is 0 Å². The summed E-state index contributed by atoms with van der Waals surface area (Å²) in [6, 6.07) is 41.0. The van der Waals surface area contributed by atoms with Crippen LogP contribution in [0.5, 0.6) is 28.7 Å². The number of aromatic nitrogens is 2. The first-order chi connectivity index (χ1) is 64.1. The van der Waals surface area contributed by atoms with Crippen LogP contribution in [0.2, 0.25) is 0 Å². The number of benzene rings is 7. The van der Waals surface area contributed by atoms with E-state index < -0.39 is 158 Å². The van der Waals surface area contributed by atoms with Crippen molar-refractivity contribution in [3.05, 3.63) is 262 Å². The Labute approximate surface area is 766 Å². The molecule has 7 aliphatic rings. The summed E-state index contributed by atoms with van der Waals surface area (Å²) in [6.45, 7) is 8.72. The Morgan fingerprint density at radius 1 is 0.511 bits per heavy atom. The summed E-state index contributed by atoms with van der Waals surface area (Å²) in [5, 5.41) is 87.5. The Hall–Kier alpha value is -12.8. The van der Waals surface area contributed by atoms with E-state index in [2.05, 4.69) is 13.2 Å². The number of imidazole rings is 1. The average Bonchev–Trinajstić information content (AvgIpc) is 1.59. The first-order valence-corrected chi connectivity index (χ1v) is 44.3. The van der Waals surface area contributed by atoms with Gasteiger partial charge in [-0.25, -0.2) is 24.4 Å². The van der Waals surface area contributed by atoms with Gasteiger partial charge in [-0.1, -0.05) is 134 Å². The Balaban J connectivity index is 0.599. The van der Waals surface area contributed by atoms with E-state index in [9.17, 15) is 84.0 Å². The van der Waals surface area contributed by atoms with Crippen LogP contribution in [0.4, 0.5) is 21.0 Å².